The van der Waals surface area contributed by atoms with E-state index in [0.717, 1.165) is 0 Å². The summed E-state index contributed by atoms with van der Waals surface area (Å²) in [6, 6.07) is -0.995. The summed E-state index contributed by atoms with van der Waals surface area (Å²) in [5, 5.41) is 16.4. The molecule has 8 nitrogen and oxygen atoms in total. The monoisotopic (exact) mass is 259 g/mol. The Labute approximate surface area is 104 Å². The Hall–Kier alpha value is -1.83. The summed E-state index contributed by atoms with van der Waals surface area (Å²) < 4.78 is 5.01. The van der Waals surface area contributed by atoms with Gasteiger partial charge >= 0.3 is 12.0 Å². The van der Waals surface area contributed by atoms with Crippen molar-refractivity contribution in [3.63, 3.8) is 0 Å². The first-order valence-corrected chi connectivity index (χ1v) is 5.60. The van der Waals surface area contributed by atoms with Crippen LogP contribution in [-0.4, -0.2) is 55.4 Å². The zero-order chi connectivity index (χ0) is 13.5. The highest BCUT2D eigenvalue weighted by Crippen LogP contribution is 2.13. The molecule has 1 fully saturated rings. The van der Waals surface area contributed by atoms with Gasteiger partial charge in [-0.3, -0.25) is 9.59 Å². The number of ether oxygens (including phenoxy) is 1. The predicted octanol–water partition coefficient (Wildman–Crippen LogP) is -1.48. The molecule has 1 saturated heterocycles. The Morgan fingerprint density at radius 3 is 2.50 bits per heavy atom. The van der Waals surface area contributed by atoms with Gasteiger partial charge in [0, 0.05) is 20.0 Å². The molecule has 0 aliphatic carbocycles. The molecule has 0 radical (unpaired) electrons. The maximum absolute atomic E-state index is 11.4. The van der Waals surface area contributed by atoms with Crippen LogP contribution >= 0.6 is 0 Å². The molecule has 0 saturated carbocycles. The second-order valence-corrected chi connectivity index (χ2v) is 3.97. The summed E-state index contributed by atoms with van der Waals surface area (Å²) >= 11 is 0. The zero-order valence-electron chi connectivity index (χ0n) is 10.1. The van der Waals surface area contributed by atoms with E-state index in [1.807, 2.05) is 0 Å². The molecule has 0 aromatic heterocycles. The molecule has 0 aromatic rings. The Bertz CT molecular complexity index is 333. The molecule has 18 heavy (non-hydrogen) atoms. The van der Waals surface area contributed by atoms with Crippen LogP contribution in [0.1, 0.15) is 6.92 Å². The Morgan fingerprint density at radius 2 is 1.89 bits per heavy atom. The number of carbonyl (C=O) groups excluding carboxylic acids is 2. The van der Waals surface area contributed by atoms with Gasteiger partial charge in [0.1, 0.15) is 5.92 Å². The van der Waals surface area contributed by atoms with Crippen molar-refractivity contribution in [3.05, 3.63) is 0 Å². The first-order chi connectivity index (χ1) is 8.50. The molecule has 4 N–H and O–H groups in total. The number of carboxylic acids is 1. The fourth-order valence-corrected chi connectivity index (χ4v) is 1.57. The number of rotatable bonds is 5. The van der Waals surface area contributed by atoms with Gasteiger partial charge in [-0.15, -0.1) is 0 Å². The molecule has 2 atom stereocenters. The molecule has 2 unspecified atom stereocenters. The maximum atomic E-state index is 11.4. The van der Waals surface area contributed by atoms with E-state index < -0.39 is 24.0 Å². The summed E-state index contributed by atoms with van der Waals surface area (Å²) in [5.74, 6) is -1.88. The van der Waals surface area contributed by atoms with Gasteiger partial charge in [0.2, 0.25) is 5.91 Å². The molecule has 0 aromatic carbocycles. The van der Waals surface area contributed by atoms with Crippen molar-refractivity contribution >= 4 is 17.9 Å². The quantitative estimate of drug-likeness (QED) is 0.449. The van der Waals surface area contributed by atoms with Crippen molar-refractivity contribution in [2.45, 2.75) is 13.0 Å². The van der Waals surface area contributed by atoms with Crippen LogP contribution in [0.25, 0.3) is 0 Å². The van der Waals surface area contributed by atoms with Crippen LogP contribution in [0.15, 0.2) is 0 Å². The lowest BCUT2D eigenvalue weighted by atomic mass is 10.0. The second kappa shape index (κ2) is 6.80. The molecule has 0 spiro atoms. The van der Waals surface area contributed by atoms with Crippen molar-refractivity contribution in [1.82, 2.24) is 16.0 Å². The minimum Gasteiger partial charge on any atom is -0.481 e. The lowest BCUT2D eigenvalue weighted by Crippen LogP contribution is -2.48. The van der Waals surface area contributed by atoms with Crippen LogP contribution < -0.4 is 16.0 Å². The lowest BCUT2D eigenvalue weighted by Gasteiger charge is -2.16. The van der Waals surface area contributed by atoms with Crippen molar-refractivity contribution in [1.29, 1.82) is 0 Å². The minimum absolute atomic E-state index is 0.103. The number of carboxylic acid groups (broad SMARTS) is 1. The molecular formula is C10H17N3O5. The summed E-state index contributed by atoms with van der Waals surface area (Å²) in [5.41, 5.74) is 0. The van der Waals surface area contributed by atoms with Crippen LogP contribution in [0, 0.1) is 5.92 Å². The first-order valence-electron chi connectivity index (χ1n) is 5.60. The third-order valence-corrected chi connectivity index (χ3v) is 2.50. The molecule has 1 heterocycles. The van der Waals surface area contributed by atoms with E-state index in [2.05, 4.69) is 16.0 Å². The number of aliphatic carboxylic acids is 1. The number of hydrogen-bond donors (Lipinski definition) is 4. The van der Waals surface area contributed by atoms with Crippen LogP contribution in [0.4, 0.5) is 4.79 Å². The van der Waals surface area contributed by atoms with Gasteiger partial charge in [0.25, 0.3) is 0 Å². The van der Waals surface area contributed by atoms with Crippen LogP contribution in [0.5, 0.6) is 0 Å². The average molecular weight is 259 g/mol. The first kappa shape index (κ1) is 14.2. The summed E-state index contributed by atoms with van der Waals surface area (Å²) in [4.78, 5) is 32.8. The van der Waals surface area contributed by atoms with Crippen LogP contribution in [-0.2, 0) is 14.3 Å². The number of hydrogen-bond acceptors (Lipinski definition) is 4. The van der Waals surface area contributed by atoms with Crippen LogP contribution in [0.2, 0.25) is 0 Å². The molecular weight excluding hydrogens is 242 g/mol. The highest BCUT2D eigenvalue weighted by molar-refractivity contribution is 5.77. The third-order valence-electron chi connectivity index (χ3n) is 2.50. The molecule has 102 valence electrons. The van der Waals surface area contributed by atoms with E-state index in [-0.39, 0.29) is 25.7 Å². The molecule has 1 aliphatic rings. The zero-order valence-corrected chi connectivity index (χ0v) is 10.1. The van der Waals surface area contributed by atoms with Gasteiger partial charge < -0.3 is 25.8 Å². The van der Waals surface area contributed by atoms with E-state index >= 15 is 0 Å². The van der Waals surface area contributed by atoms with Crippen LogP contribution in [0.3, 0.4) is 0 Å². The highest BCUT2D eigenvalue weighted by Gasteiger charge is 2.34. The van der Waals surface area contributed by atoms with Gasteiger partial charge in [0.15, 0.2) is 0 Å². The van der Waals surface area contributed by atoms with Gasteiger partial charge in [0.05, 0.1) is 19.3 Å². The number of nitrogens with one attached hydrogen (secondary N) is 3. The fraction of sp³-hybridized carbons (Fsp3) is 0.700. The predicted molar refractivity (Wildman–Crippen MR) is 61.0 cm³/mol. The minimum atomic E-state index is -0.990. The van der Waals surface area contributed by atoms with E-state index in [9.17, 15) is 14.4 Å². The van der Waals surface area contributed by atoms with Gasteiger partial charge in [-0.1, -0.05) is 0 Å². The van der Waals surface area contributed by atoms with Crippen molar-refractivity contribution in [2.24, 2.45) is 5.92 Å². The van der Waals surface area contributed by atoms with Gasteiger partial charge in [-0.25, -0.2) is 4.79 Å². The average Bonchev–Trinajstić information content (AvgIpc) is 2.72. The van der Waals surface area contributed by atoms with Crippen molar-refractivity contribution < 1.29 is 24.2 Å². The smallest absolute Gasteiger partial charge is 0.315 e. The molecule has 1 rings (SSSR count). The Balaban J connectivity index is 2.23. The molecule has 0 bridgehead atoms. The van der Waals surface area contributed by atoms with E-state index in [4.69, 9.17) is 9.84 Å². The Morgan fingerprint density at radius 1 is 1.22 bits per heavy atom. The van der Waals surface area contributed by atoms with Gasteiger partial charge in [-0.05, 0) is 0 Å². The highest BCUT2D eigenvalue weighted by atomic mass is 16.5. The number of urea groups is 1. The molecule has 1 aliphatic heterocycles. The normalized spacial score (nSPS) is 22.3. The summed E-state index contributed by atoms with van der Waals surface area (Å²) in [6.45, 7) is 2.28. The van der Waals surface area contributed by atoms with Crippen molar-refractivity contribution in [3.8, 4) is 0 Å². The molecule has 8 heteroatoms. The number of carbonyl (C=O) groups is 3. The number of amides is 3. The summed E-state index contributed by atoms with van der Waals surface area (Å²) in [7, 11) is 0. The third kappa shape index (κ3) is 4.58. The van der Waals surface area contributed by atoms with E-state index in [1.165, 1.54) is 6.92 Å². The van der Waals surface area contributed by atoms with Gasteiger partial charge in [-0.2, -0.15) is 0 Å². The maximum Gasteiger partial charge on any atom is 0.315 e. The standard InChI is InChI=1S/C10H17N3O5/c1-6(14)11-2-3-12-10(17)13-8-5-18-4-7(8)9(15)16/h7-8H,2-5H2,1H3,(H,11,14)(H,15,16)(H2,12,13,17). The lowest BCUT2D eigenvalue weighted by molar-refractivity contribution is -0.142. The summed E-state index contributed by atoms with van der Waals surface area (Å²) in [6.07, 6.45) is 0. The molecule has 3 amide bonds. The topological polar surface area (TPSA) is 117 Å². The van der Waals surface area contributed by atoms with E-state index in [0.29, 0.717) is 6.54 Å². The SMILES string of the molecule is CC(=O)NCCNC(=O)NC1COCC1C(=O)O. The second-order valence-electron chi connectivity index (χ2n) is 3.97. The largest absolute Gasteiger partial charge is 0.481 e. The van der Waals surface area contributed by atoms with Crippen molar-refractivity contribution in [2.75, 3.05) is 26.3 Å². The van der Waals surface area contributed by atoms with E-state index in [1.54, 1.807) is 0 Å². The fourth-order valence-electron chi connectivity index (χ4n) is 1.57. The Kier molecular flexibility index (Phi) is 5.37.